The Morgan fingerprint density at radius 2 is 1.07 bits per heavy atom. The molecule has 0 spiro atoms. The number of carbonyl (C=O) groups is 1. The first-order valence-corrected chi connectivity index (χ1v) is 18.2. The van der Waals surface area contributed by atoms with Crippen LogP contribution in [0.2, 0.25) is 0 Å². The van der Waals surface area contributed by atoms with Gasteiger partial charge in [-0.2, -0.15) is 0 Å². The molecule has 0 aromatic heterocycles. The largest absolute Gasteiger partial charge is 0.423 e. The Morgan fingerprint density at radius 1 is 0.578 bits per heavy atom. The maximum absolute atomic E-state index is 12.8. The summed E-state index contributed by atoms with van der Waals surface area (Å²) in [4.78, 5) is 12.8. The molecule has 3 heteroatoms. The number of unbranched alkanes of at least 4 members (excludes halogenated alkanes) is 12. The lowest BCUT2D eigenvalue weighted by Crippen LogP contribution is -2.08. The predicted molar refractivity (Wildman–Crippen MR) is 191 cm³/mol. The molecule has 0 bridgehead atoms. The maximum Gasteiger partial charge on any atom is 0.343 e. The van der Waals surface area contributed by atoms with Gasteiger partial charge in [0, 0.05) is 6.61 Å². The van der Waals surface area contributed by atoms with Gasteiger partial charge in [-0.15, -0.1) is 0 Å². The summed E-state index contributed by atoms with van der Waals surface area (Å²) in [6, 6.07) is 24.2. The van der Waals surface area contributed by atoms with Crippen LogP contribution >= 0.6 is 0 Å². The average Bonchev–Trinajstić information content (AvgIpc) is 3.08. The van der Waals surface area contributed by atoms with Crippen molar-refractivity contribution in [2.24, 2.45) is 0 Å². The molecule has 0 saturated carbocycles. The topological polar surface area (TPSA) is 35.5 Å². The first kappa shape index (κ1) is 36.6. The Morgan fingerprint density at radius 3 is 1.58 bits per heavy atom. The molecular formula is C42H60O3. The summed E-state index contributed by atoms with van der Waals surface area (Å²) in [5.41, 5.74) is 5.25. The van der Waals surface area contributed by atoms with Crippen molar-refractivity contribution in [2.45, 2.75) is 142 Å². The normalized spacial score (nSPS) is 12.6. The SMILES string of the molecule is CCCCCCCCCCCCCCCOC(C)c1ccc(-c2ccc(C(=O)Oc3ccc(C(CC)CCC)cc3)cc2)cc1. The Bertz CT molecular complexity index is 1180. The minimum atomic E-state index is -0.334. The Balaban J connectivity index is 1.33. The van der Waals surface area contributed by atoms with Crippen LogP contribution in [0.4, 0.5) is 0 Å². The first-order chi connectivity index (χ1) is 22.0. The van der Waals surface area contributed by atoms with Gasteiger partial charge in [0.1, 0.15) is 5.75 Å². The van der Waals surface area contributed by atoms with Gasteiger partial charge in [-0.05, 0) is 78.6 Å². The molecule has 3 aromatic carbocycles. The zero-order chi connectivity index (χ0) is 32.1. The summed E-state index contributed by atoms with van der Waals surface area (Å²) >= 11 is 0. The van der Waals surface area contributed by atoms with E-state index in [1.165, 1.54) is 101 Å². The van der Waals surface area contributed by atoms with Crippen molar-refractivity contribution >= 4 is 5.97 Å². The Kier molecular flexibility index (Phi) is 17.7. The van der Waals surface area contributed by atoms with Crippen LogP contribution in [0.25, 0.3) is 11.1 Å². The van der Waals surface area contributed by atoms with Gasteiger partial charge in [0.25, 0.3) is 0 Å². The van der Waals surface area contributed by atoms with Crippen molar-refractivity contribution in [1.82, 2.24) is 0 Å². The zero-order valence-corrected chi connectivity index (χ0v) is 28.8. The second kappa shape index (κ2) is 21.8. The van der Waals surface area contributed by atoms with Crippen LogP contribution in [-0.4, -0.2) is 12.6 Å². The second-order valence-electron chi connectivity index (χ2n) is 12.8. The third kappa shape index (κ3) is 13.5. The van der Waals surface area contributed by atoms with E-state index in [-0.39, 0.29) is 12.1 Å². The summed E-state index contributed by atoms with van der Waals surface area (Å²) in [5, 5.41) is 0. The third-order valence-corrected chi connectivity index (χ3v) is 9.14. The summed E-state index contributed by atoms with van der Waals surface area (Å²) in [5.74, 6) is 0.811. The predicted octanol–water partition coefficient (Wildman–Crippen LogP) is 13.0. The molecule has 0 aliphatic rings. The van der Waals surface area contributed by atoms with Crippen molar-refractivity contribution in [3.63, 3.8) is 0 Å². The smallest absolute Gasteiger partial charge is 0.343 e. The molecule has 3 nitrogen and oxygen atoms in total. The fraction of sp³-hybridized carbons (Fsp3) is 0.548. The molecule has 0 amide bonds. The molecule has 0 saturated heterocycles. The van der Waals surface area contributed by atoms with E-state index in [4.69, 9.17) is 9.47 Å². The standard InChI is InChI=1S/C42H60O3/c1-5-8-9-10-11-12-13-14-15-16-17-18-19-33-44-34(4)36-21-23-38(24-22-36)39-25-27-40(28-26-39)42(43)45-41-31-29-37(30-32-41)35(7-3)20-6-2/h21-32,34-35H,5-20,33H2,1-4H3. The summed E-state index contributed by atoms with van der Waals surface area (Å²) in [7, 11) is 0. The van der Waals surface area contributed by atoms with E-state index >= 15 is 0 Å². The van der Waals surface area contributed by atoms with Gasteiger partial charge in [0.05, 0.1) is 11.7 Å². The van der Waals surface area contributed by atoms with Crippen molar-refractivity contribution in [2.75, 3.05) is 6.61 Å². The van der Waals surface area contributed by atoms with E-state index in [2.05, 4.69) is 64.1 Å². The molecule has 3 rings (SSSR count). The molecule has 2 atom stereocenters. The number of benzene rings is 3. The quantitative estimate of drug-likeness (QED) is 0.0607. The van der Waals surface area contributed by atoms with E-state index in [9.17, 15) is 4.79 Å². The van der Waals surface area contributed by atoms with Crippen molar-refractivity contribution in [1.29, 1.82) is 0 Å². The maximum atomic E-state index is 12.8. The third-order valence-electron chi connectivity index (χ3n) is 9.14. The van der Waals surface area contributed by atoms with Crippen molar-refractivity contribution in [3.05, 3.63) is 89.5 Å². The lowest BCUT2D eigenvalue weighted by molar-refractivity contribution is 0.0627. The van der Waals surface area contributed by atoms with Gasteiger partial charge in [0.2, 0.25) is 0 Å². The monoisotopic (exact) mass is 612 g/mol. The van der Waals surface area contributed by atoms with Gasteiger partial charge >= 0.3 is 5.97 Å². The summed E-state index contributed by atoms with van der Waals surface area (Å²) in [6.07, 6.45) is 21.3. The number of carbonyl (C=O) groups excluding carboxylic acids is 1. The van der Waals surface area contributed by atoms with Gasteiger partial charge in [-0.3, -0.25) is 0 Å². The molecule has 3 aromatic rings. The van der Waals surface area contributed by atoms with E-state index in [1.54, 1.807) is 0 Å². The second-order valence-corrected chi connectivity index (χ2v) is 12.8. The number of hydrogen-bond donors (Lipinski definition) is 0. The first-order valence-electron chi connectivity index (χ1n) is 18.2. The average molecular weight is 613 g/mol. The lowest BCUT2D eigenvalue weighted by Gasteiger charge is -2.15. The van der Waals surface area contributed by atoms with Crippen molar-refractivity contribution < 1.29 is 14.3 Å². The van der Waals surface area contributed by atoms with Crippen LogP contribution in [0.1, 0.15) is 164 Å². The molecule has 0 N–H and O–H groups in total. The molecule has 0 aliphatic carbocycles. The molecular weight excluding hydrogens is 552 g/mol. The number of hydrogen-bond acceptors (Lipinski definition) is 3. The highest BCUT2D eigenvalue weighted by molar-refractivity contribution is 5.91. The minimum absolute atomic E-state index is 0.0853. The Hall–Kier alpha value is -2.91. The zero-order valence-electron chi connectivity index (χ0n) is 28.8. The van der Waals surface area contributed by atoms with Crippen LogP contribution < -0.4 is 4.74 Å². The lowest BCUT2D eigenvalue weighted by atomic mass is 9.92. The van der Waals surface area contributed by atoms with Gasteiger partial charge in [0.15, 0.2) is 0 Å². The molecule has 45 heavy (non-hydrogen) atoms. The van der Waals surface area contributed by atoms with Crippen LogP contribution in [0.5, 0.6) is 5.75 Å². The van der Waals surface area contributed by atoms with E-state index in [1.807, 2.05) is 36.4 Å². The molecule has 0 heterocycles. The molecule has 0 fully saturated rings. The molecule has 0 radical (unpaired) electrons. The van der Waals surface area contributed by atoms with Crippen LogP contribution in [0, 0.1) is 0 Å². The van der Waals surface area contributed by atoms with Crippen LogP contribution in [0.15, 0.2) is 72.8 Å². The number of ether oxygens (including phenoxy) is 2. The highest BCUT2D eigenvalue weighted by Crippen LogP contribution is 2.28. The highest BCUT2D eigenvalue weighted by atomic mass is 16.5. The van der Waals surface area contributed by atoms with Crippen LogP contribution in [-0.2, 0) is 4.74 Å². The van der Waals surface area contributed by atoms with Gasteiger partial charge < -0.3 is 9.47 Å². The molecule has 2 unspecified atom stereocenters. The minimum Gasteiger partial charge on any atom is -0.423 e. The van der Waals surface area contributed by atoms with Crippen molar-refractivity contribution in [3.8, 4) is 16.9 Å². The fourth-order valence-corrected chi connectivity index (χ4v) is 6.15. The van der Waals surface area contributed by atoms with Gasteiger partial charge in [-0.1, -0.05) is 153 Å². The van der Waals surface area contributed by atoms with E-state index < -0.39 is 0 Å². The number of rotatable bonds is 23. The van der Waals surface area contributed by atoms with Gasteiger partial charge in [-0.25, -0.2) is 4.79 Å². The summed E-state index contributed by atoms with van der Waals surface area (Å²) in [6.45, 7) is 9.69. The molecule has 246 valence electrons. The van der Waals surface area contributed by atoms with E-state index in [0.717, 1.165) is 30.6 Å². The van der Waals surface area contributed by atoms with Crippen LogP contribution in [0.3, 0.4) is 0 Å². The molecule has 0 aliphatic heterocycles. The van der Waals surface area contributed by atoms with E-state index in [0.29, 0.717) is 17.2 Å². The highest BCUT2D eigenvalue weighted by Gasteiger charge is 2.12. The number of esters is 1. The fourth-order valence-electron chi connectivity index (χ4n) is 6.15. The summed E-state index contributed by atoms with van der Waals surface area (Å²) < 4.78 is 11.8. The Labute approximate surface area is 275 Å².